The molecule has 1 aliphatic rings. The molecule has 19 heavy (non-hydrogen) atoms. The summed E-state index contributed by atoms with van der Waals surface area (Å²) in [6.45, 7) is 3.87. The van der Waals surface area contributed by atoms with Crippen molar-refractivity contribution in [1.29, 1.82) is 0 Å². The number of nitrogens with one attached hydrogen (secondary N) is 1. The van der Waals surface area contributed by atoms with E-state index in [1.54, 1.807) is 6.20 Å². The Morgan fingerprint density at radius 2 is 2.00 bits per heavy atom. The molecule has 0 bridgehead atoms. The Bertz CT molecular complexity index is 630. The zero-order valence-electron chi connectivity index (χ0n) is 10.9. The fourth-order valence-electron chi connectivity index (χ4n) is 2.19. The van der Waals surface area contributed by atoms with Crippen LogP contribution >= 0.6 is 0 Å². The van der Waals surface area contributed by atoms with E-state index in [1.807, 2.05) is 18.2 Å². The Morgan fingerprint density at radius 3 is 2.79 bits per heavy atom. The third-order valence-electron chi connectivity index (χ3n) is 3.35. The minimum Gasteiger partial charge on any atom is -0.304 e. The van der Waals surface area contributed by atoms with Gasteiger partial charge < -0.3 is 10.3 Å². The number of rotatable bonds is 2. The van der Waals surface area contributed by atoms with Gasteiger partial charge in [0.15, 0.2) is 0 Å². The molecule has 0 atom stereocenters. The molecule has 1 fully saturated rings. The molecule has 0 unspecified atom stereocenters. The van der Waals surface area contributed by atoms with Crippen LogP contribution in [0.1, 0.15) is 0 Å². The van der Waals surface area contributed by atoms with Gasteiger partial charge in [0, 0.05) is 38.4 Å². The van der Waals surface area contributed by atoms with E-state index in [0.717, 1.165) is 26.2 Å². The second-order valence-corrected chi connectivity index (χ2v) is 4.81. The lowest BCUT2D eigenvalue weighted by molar-refractivity contribution is 0.178. The first-order chi connectivity index (χ1) is 9.22. The molecule has 1 aliphatic heterocycles. The first-order valence-electron chi connectivity index (χ1n) is 6.41. The standard InChI is InChI=1S/C13H17N5O/c1-16-6-8-17(9-7-16)15-11-10-13(19)18-5-3-2-4-12(18)14-11/h2-5,10,15H,6-9H2,1H3. The van der Waals surface area contributed by atoms with Gasteiger partial charge in [-0.15, -0.1) is 0 Å². The molecular formula is C13H17N5O. The van der Waals surface area contributed by atoms with E-state index < -0.39 is 0 Å². The molecule has 3 rings (SSSR count). The largest absolute Gasteiger partial charge is 0.304 e. The van der Waals surface area contributed by atoms with E-state index in [9.17, 15) is 4.79 Å². The van der Waals surface area contributed by atoms with Crippen molar-refractivity contribution in [2.24, 2.45) is 0 Å². The first-order valence-corrected chi connectivity index (χ1v) is 6.41. The Balaban J connectivity index is 1.83. The molecular weight excluding hydrogens is 242 g/mol. The monoisotopic (exact) mass is 259 g/mol. The molecule has 100 valence electrons. The summed E-state index contributed by atoms with van der Waals surface area (Å²) in [5.74, 6) is 0.612. The van der Waals surface area contributed by atoms with Gasteiger partial charge in [0.25, 0.3) is 5.56 Å². The van der Waals surface area contributed by atoms with Crippen LogP contribution < -0.4 is 11.0 Å². The van der Waals surface area contributed by atoms with Crippen molar-refractivity contribution in [2.45, 2.75) is 0 Å². The van der Waals surface area contributed by atoms with E-state index in [0.29, 0.717) is 11.5 Å². The summed E-state index contributed by atoms with van der Waals surface area (Å²) in [5.41, 5.74) is 3.81. The summed E-state index contributed by atoms with van der Waals surface area (Å²) in [4.78, 5) is 18.7. The highest BCUT2D eigenvalue weighted by Crippen LogP contribution is 2.06. The highest BCUT2D eigenvalue weighted by atomic mass is 16.1. The molecule has 1 N–H and O–H groups in total. The first kappa shape index (κ1) is 12.1. The van der Waals surface area contributed by atoms with Crippen LogP contribution in [-0.2, 0) is 0 Å². The number of fused-ring (bicyclic) bond motifs is 1. The number of pyridine rings is 1. The Hall–Kier alpha value is -1.92. The average molecular weight is 259 g/mol. The summed E-state index contributed by atoms with van der Waals surface area (Å²) in [5, 5.41) is 2.10. The second-order valence-electron chi connectivity index (χ2n) is 4.81. The summed E-state index contributed by atoms with van der Waals surface area (Å²) in [6.07, 6.45) is 1.73. The highest BCUT2D eigenvalue weighted by molar-refractivity contribution is 5.45. The molecule has 2 aromatic heterocycles. The normalized spacial score (nSPS) is 17.7. The van der Waals surface area contributed by atoms with Crippen molar-refractivity contribution in [3.05, 3.63) is 40.8 Å². The maximum absolute atomic E-state index is 11.9. The van der Waals surface area contributed by atoms with Crippen LogP contribution in [0.5, 0.6) is 0 Å². The van der Waals surface area contributed by atoms with Crippen molar-refractivity contribution in [1.82, 2.24) is 19.3 Å². The van der Waals surface area contributed by atoms with Crippen molar-refractivity contribution < 1.29 is 0 Å². The summed E-state index contributed by atoms with van der Waals surface area (Å²) in [7, 11) is 2.11. The summed E-state index contributed by atoms with van der Waals surface area (Å²) < 4.78 is 1.54. The fraction of sp³-hybridized carbons (Fsp3) is 0.385. The zero-order chi connectivity index (χ0) is 13.2. The quantitative estimate of drug-likeness (QED) is 0.839. The maximum atomic E-state index is 11.9. The lowest BCUT2D eigenvalue weighted by Crippen LogP contribution is -2.47. The van der Waals surface area contributed by atoms with E-state index >= 15 is 0 Å². The van der Waals surface area contributed by atoms with E-state index in [1.165, 1.54) is 10.5 Å². The average Bonchev–Trinajstić information content (AvgIpc) is 2.42. The van der Waals surface area contributed by atoms with Gasteiger partial charge in [-0.05, 0) is 19.2 Å². The Labute approximate surface area is 111 Å². The minimum absolute atomic E-state index is 0.0674. The number of hydrogen-bond donors (Lipinski definition) is 1. The molecule has 0 radical (unpaired) electrons. The van der Waals surface area contributed by atoms with Gasteiger partial charge in [0.2, 0.25) is 0 Å². The number of anilines is 1. The van der Waals surface area contributed by atoms with Crippen LogP contribution in [0.2, 0.25) is 0 Å². The van der Waals surface area contributed by atoms with Crippen LogP contribution in [0.25, 0.3) is 5.65 Å². The third-order valence-corrected chi connectivity index (χ3v) is 3.35. The number of piperazine rings is 1. The maximum Gasteiger partial charge on any atom is 0.259 e. The number of aromatic nitrogens is 2. The highest BCUT2D eigenvalue weighted by Gasteiger charge is 2.14. The van der Waals surface area contributed by atoms with Crippen LogP contribution in [-0.4, -0.2) is 52.5 Å². The Kier molecular flexibility index (Phi) is 3.18. The van der Waals surface area contributed by atoms with Gasteiger partial charge >= 0.3 is 0 Å². The minimum atomic E-state index is -0.0674. The van der Waals surface area contributed by atoms with Crippen LogP contribution in [0.4, 0.5) is 5.82 Å². The van der Waals surface area contributed by atoms with Crippen molar-refractivity contribution in [3.8, 4) is 0 Å². The zero-order valence-corrected chi connectivity index (χ0v) is 10.9. The lowest BCUT2D eigenvalue weighted by atomic mass is 10.4. The van der Waals surface area contributed by atoms with Gasteiger partial charge in [-0.2, -0.15) is 0 Å². The van der Waals surface area contributed by atoms with E-state index in [4.69, 9.17) is 0 Å². The molecule has 2 aromatic rings. The fourth-order valence-corrected chi connectivity index (χ4v) is 2.19. The number of hydrazine groups is 1. The number of likely N-dealkylation sites (N-methyl/N-ethyl adjacent to an activating group) is 1. The second kappa shape index (κ2) is 4.99. The molecule has 0 aliphatic carbocycles. The topological polar surface area (TPSA) is 52.9 Å². The van der Waals surface area contributed by atoms with Crippen molar-refractivity contribution in [2.75, 3.05) is 38.7 Å². The van der Waals surface area contributed by atoms with Gasteiger partial charge in [-0.1, -0.05) is 6.07 Å². The smallest absolute Gasteiger partial charge is 0.259 e. The van der Waals surface area contributed by atoms with Crippen LogP contribution in [0.3, 0.4) is 0 Å². The summed E-state index contributed by atoms with van der Waals surface area (Å²) >= 11 is 0. The third kappa shape index (κ3) is 2.59. The molecule has 3 heterocycles. The molecule has 6 nitrogen and oxygen atoms in total. The van der Waals surface area contributed by atoms with Gasteiger partial charge in [-0.3, -0.25) is 9.20 Å². The van der Waals surface area contributed by atoms with Crippen LogP contribution in [0, 0.1) is 0 Å². The van der Waals surface area contributed by atoms with Gasteiger partial charge in [-0.25, -0.2) is 9.99 Å². The SMILES string of the molecule is CN1CCN(Nc2cc(=O)n3ccccc3n2)CC1. The van der Waals surface area contributed by atoms with Crippen molar-refractivity contribution >= 4 is 11.5 Å². The predicted octanol–water partition coefficient (Wildman–Crippen LogP) is 0.269. The summed E-state index contributed by atoms with van der Waals surface area (Å²) in [6, 6.07) is 7.06. The molecule has 1 saturated heterocycles. The van der Waals surface area contributed by atoms with Crippen LogP contribution in [0.15, 0.2) is 35.3 Å². The molecule has 0 spiro atoms. The van der Waals surface area contributed by atoms with E-state index in [2.05, 4.69) is 27.4 Å². The Morgan fingerprint density at radius 1 is 1.21 bits per heavy atom. The van der Waals surface area contributed by atoms with E-state index in [-0.39, 0.29) is 5.56 Å². The molecule has 0 amide bonds. The number of hydrogen-bond acceptors (Lipinski definition) is 5. The van der Waals surface area contributed by atoms with Gasteiger partial charge in [0.05, 0.1) is 0 Å². The molecule has 6 heteroatoms. The van der Waals surface area contributed by atoms with Crippen molar-refractivity contribution in [3.63, 3.8) is 0 Å². The molecule has 0 aromatic carbocycles. The molecule has 0 saturated carbocycles. The lowest BCUT2D eigenvalue weighted by Gasteiger charge is -2.32. The number of nitrogens with zero attached hydrogens (tertiary/aromatic N) is 4. The van der Waals surface area contributed by atoms with Gasteiger partial charge in [0.1, 0.15) is 11.5 Å². The predicted molar refractivity (Wildman–Crippen MR) is 74.2 cm³/mol.